The van der Waals surface area contributed by atoms with Crippen LogP contribution in [0.4, 0.5) is 0 Å². The largest absolute Gasteiger partial charge is 0.342 e. The van der Waals surface area contributed by atoms with Gasteiger partial charge in [-0.3, -0.25) is 4.79 Å². The lowest BCUT2D eigenvalue weighted by atomic mass is 9.98. The fourth-order valence-corrected chi connectivity index (χ4v) is 3.59. The highest BCUT2D eigenvalue weighted by Crippen LogP contribution is 2.38. The fraction of sp³-hybridized carbons (Fsp3) is 0.471. The first-order valence-electron chi connectivity index (χ1n) is 7.45. The summed E-state index contributed by atoms with van der Waals surface area (Å²) in [6.07, 6.45) is 3.21. The van der Waals surface area contributed by atoms with Gasteiger partial charge in [-0.2, -0.15) is 0 Å². The van der Waals surface area contributed by atoms with E-state index in [1.165, 1.54) is 22.2 Å². The third kappa shape index (κ3) is 1.84. The monoisotopic (exact) mass is 270 g/mol. The van der Waals surface area contributed by atoms with Crippen LogP contribution in [0.1, 0.15) is 44.0 Å². The number of hydrogen-bond donors (Lipinski definition) is 0. The first-order valence-corrected chi connectivity index (χ1v) is 7.45. The number of fused-ring (bicyclic) bond motifs is 3. The second-order valence-corrected chi connectivity index (χ2v) is 5.98. The number of amides is 1. The predicted octanol–water partition coefficient (Wildman–Crippen LogP) is 3.65. The summed E-state index contributed by atoms with van der Waals surface area (Å²) in [6.45, 7) is 7.43. The molecule has 2 heterocycles. The van der Waals surface area contributed by atoms with Crippen molar-refractivity contribution in [2.45, 2.75) is 52.2 Å². The van der Waals surface area contributed by atoms with Crippen molar-refractivity contribution in [1.82, 2.24) is 9.47 Å². The number of aromatic nitrogens is 1. The molecule has 1 unspecified atom stereocenters. The van der Waals surface area contributed by atoms with Gasteiger partial charge in [0.25, 0.3) is 0 Å². The molecule has 20 heavy (non-hydrogen) atoms. The van der Waals surface area contributed by atoms with Crippen LogP contribution < -0.4 is 0 Å². The van der Waals surface area contributed by atoms with Gasteiger partial charge in [0.1, 0.15) is 0 Å². The molecule has 1 aromatic carbocycles. The molecular formula is C17H22N2O. The maximum atomic E-state index is 11.5. The number of benzene rings is 1. The van der Waals surface area contributed by atoms with Crippen molar-refractivity contribution in [2.75, 3.05) is 0 Å². The van der Waals surface area contributed by atoms with Gasteiger partial charge in [0.05, 0.1) is 6.04 Å². The minimum absolute atomic E-state index is 0.216. The van der Waals surface area contributed by atoms with E-state index in [1.54, 1.807) is 0 Å². The van der Waals surface area contributed by atoms with Crippen molar-refractivity contribution in [3.63, 3.8) is 0 Å². The minimum atomic E-state index is 0.216. The molecule has 0 N–H and O–H groups in total. The maximum Gasteiger partial charge on any atom is 0.210 e. The second kappa shape index (κ2) is 4.97. The molecule has 1 aliphatic heterocycles. The van der Waals surface area contributed by atoms with E-state index in [9.17, 15) is 4.79 Å². The molecule has 0 fully saturated rings. The Morgan fingerprint density at radius 2 is 2.10 bits per heavy atom. The van der Waals surface area contributed by atoms with Crippen LogP contribution in [0.25, 0.3) is 10.9 Å². The highest BCUT2D eigenvalue weighted by atomic mass is 16.1. The molecule has 2 aromatic rings. The molecule has 3 heteroatoms. The Kier molecular flexibility index (Phi) is 3.28. The zero-order valence-electron chi connectivity index (χ0n) is 12.5. The lowest BCUT2D eigenvalue weighted by Crippen LogP contribution is -2.37. The van der Waals surface area contributed by atoms with Gasteiger partial charge in [-0.25, -0.2) is 0 Å². The highest BCUT2D eigenvalue weighted by Gasteiger charge is 2.30. The van der Waals surface area contributed by atoms with Crippen molar-refractivity contribution in [2.24, 2.45) is 0 Å². The minimum Gasteiger partial charge on any atom is -0.342 e. The summed E-state index contributed by atoms with van der Waals surface area (Å²) in [4.78, 5) is 13.5. The van der Waals surface area contributed by atoms with Crippen LogP contribution in [-0.2, 0) is 11.3 Å². The number of carbonyl (C=O) groups excluding carboxylic acids is 1. The first-order chi connectivity index (χ1) is 9.65. The molecule has 0 aliphatic carbocycles. The number of para-hydroxylation sites is 1. The molecule has 1 aliphatic rings. The van der Waals surface area contributed by atoms with Gasteiger partial charge in [-0.15, -0.1) is 0 Å². The van der Waals surface area contributed by atoms with E-state index in [-0.39, 0.29) is 12.1 Å². The number of hydrogen-bond acceptors (Lipinski definition) is 1. The smallest absolute Gasteiger partial charge is 0.210 e. The molecule has 0 radical (unpaired) electrons. The SMILES string of the molecule is Cc1c2n(c3ccccc13)CCCC2N(C=O)C(C)C. The molecule has 1 aromatic heterocycles. The number of rotatable bonds is 3. The number of aryl methyl sites for hydroxylation is 2. The molecule has 3 rings (SSSR count). The molecule has 106 valence electrons. The second-order valence-electron chi connectivity index (χ2n) is 5.98. The normalized spacial score (nSPS) is 18.3. The van der Waals surface area contributed by atoms with Gasteiger partial charge in [0.2, 0.25) is 6.41 Å². The summed E-state index contributed by atoms with van der Waals surface area (Å²) in [7, 11) is 0. The van der Waals surface area contributed by atoms with Crippen molar-refractivity contribution in [3.05, 3.63) is 35.5 Å². The Labute approximate surface area is 120 Å². The number of carbonyl (C=O) groups is 1. The standard InChI is InChI=1S/C17H22N2O/c1-12(2)19(11-20)16-9-6-10-18-15-8-5-4-7-14(15)13(3)17(16)18/h4-5,7-8,11-12,16H,6,9-10H2,1-3H3. The maximum absolute atomic E-state index is 11.5. The van der Waals surface area contributed by atoms with E-state index in [1.807, 2.05) is 4.90 Å². The summed E-state index contributed by atoms with van der Waals surface area (Å²) in [5.74, 6) is 0. The van der Waals surface area contributed by atoms with E-state index in [2.05, 4.69) is 49.6 Å². The molecule has 3 nitrogen and oxygen atoms in total. The Balaban J connectivity index is 2.20. The van der Waals surface area contributed by atoms with E-state index in [4.69, 9.17) is 0 Å². The summed E-state index contributed by atoms with van der Waals surface area (Å²) in [5.41, 5.74) is 3.97. The lowest BCUT2D eigenvalue weighted by molar-refractivity contribution is -0.122. The van der Waals surface area contributed by atoms with Gasteiger partial charge in [0.15, 0.2) is 0 Å². The van der Waals surface area contributed by atoms with Crippen LogP contribution in [0.2, 0.25) is 0 Å². The van der Waals surface area contributed by atoms with E-state index < -0.39 is 0 Å². The van der Waals surface area contributed by atoms with Crippen molar-refractivity contribution >= 4 is 17.3 Å². The predicted molar refractivity (Wildman–Crippen MR) is 81.7 cm³/mol. The molecule has 0 saturated heterocycles. The lowest BCUT2D eigenvalue weighted by Gasteiger charge is -2.36. The summed E-state index contributed by atoms with van der Waals surface area (Å²) >= 11 is 0. The van der Waals surface area contributed by atoms with Crippen molar-refractivity contribution < 1.29 is 4.79 Å². The van der Waals surface area contributed by atoms with Gasteiger partial charge in [-0.05, 0) is 45.2 Å². The first kappa shape index (κ1) is 13.2. The van der Waals surface area contributed by atoms with Crippen LogP contribution in [0.3, 0.4) is 0 Å². The van der Waals surface area contributed by atoms with Crippen LogP contribution >= 0.6 is 0 Å². The zero-order chi connectivity index (χ0) is 14.3. The summed E-state index contributed by atoms with van der Waals surface area (Å²) in [5, 5.41) is 1.32. The Hall–Kier alpha value is -1.77. The van der Waals surface area contributed by atoms with Gasteiger partial charge in [0, 0.05) is 29.2 Å². The van der Waals surface area contributed by atoms with Crippen LogP contribution in [0.15, 0.2) is 24.3 Å². The van der Waals surface area contributed by atoms with E-state index in [0.29, 0.717) is 0 Å². The Morgan fingerprint density at radius 3 is 2.80 bits per heavy atom. The quantitative estimate of drug-likeness (QED) is 0.781. The fourth-order valence-electron chi connectivity index (χ4n) is 3.59. The van der Waals surface area contributed by atoms with Crippen LogP contribution in [0, 0.1) is 6.92 Å². The van der Waals surface area contributed by atoms with Gasteiger partial charge in [-0.1, -0.05) is 18.2 Å². The Bertz CT molecular complexity index is 642. The summed E-state index contributed by atoms with van der Waals surface area (Å²) in [6, 6.07) is 9.02. The van der Waals surface area contributed by atoms with E-state index >= 15 is 0 Å². The summed E-state index contributed by atoms with van der Waals surface area (Å²) < 4.78 is 2.41. The molecule has 0 bridgehead atoms. The van der Waals surface area contributed by atoms with Gasteiger partial charge >= 0.3 is 0 Å². The molecule has 0 saturated carbocycles. The topological polar surface area (TPSA) is 25.2 Å². The molecule has 1 amide bonds. The molecule has 1 atom stereocenters. The number of nitrogens with zero attached hydrogens (tertiary/aromatic N) is 2. The molecule has 0 spiro atoms. The third-order valence-corrected chi connectivity index (χ3v) is 4.53. The molecular weight excluding hydrogens is 248 g/mol. The average Bonchev–Trinajstić information content (AvgIpc) is 2.74. The zero-order valence-corrected chi connectivity index (χ0v) is 12.5. The Morgan fingerprint density at radius 1 is 1.35 bits per heavy atom. The third-order valence-electron chi connectivity index (χ3n) is 4.53. The van der Waals surface area contributed by atoms with Crippen molar-refractivity contribution in [1.29, 1.82) is 0 Å². The van der Waals surface area contributed by atoms with Crippen molar-refractivity contribution in [3.8, 4) is 0 Å². The average molecular weight is 270 g/mol. The van der Waals surface area contributed by atoms with Gasteiger partial charge < -0.3 is 9.47 Å². The highest BCUT2D eigenvalue weighted by molar-refractivity contribution is 5.85. The van der Waals surface area contributed by atoms with Crippen LogP contribution in [0.5, 0.6) is 0 Å². The van der Waals surface area contributed by atoms with Crippen LogP contribution in [-0.4, -0.2) is 21.9 Å². The van der Waals surface area contributed by atoms with E-state index in [0.717, 1.165) is 25.8 Å².